The van der Waals surface area contributed by atoms with Gasteiger partial charge in [-0.3, -0.25) is 4.79 Å². The summed E-state index contributed by atoms with van der Waals surface area (Å²) >= 11 is 0. The Bertz CT molecular complexity index is 414. The molecule has 1 aromatic rings. The SMILES string of the molecule is CC(N)C(=O)c1cc2c(cc1O)OCO2. The van der Waals surface area contributed by atoms with Gasteiger partial charge in [-0.25, -0.2) is 0 Å². The summed E-state index contributed by atoms with van der Waals surface area (Å²) < 4.78 is 10.1. The van der Waals surface area contributed by atoms with Crippen LogP contribution >= 0.6 is 0 Å². The van der Waals surface area contributed by atoms with Crippen molar-refractivity contribution in [3.05, 3.63) is 17.7 Å². The molecule has 0 saturated heterocycles. The molecule has 0 spiro atoms. The van der Waals surface area contributed by atoms with Gasteiger partial charge < -0.3 is 20.3 Å². The van der Waals surface area contributed by atoms with Crippen LogP contribution in [0.1, 0.15) is 17.3 Å². The van der Waals surface area contributed by atoms with Gasteiger partial charge in [0.05, 0.1) is 11.6 Å². The Labute approximate surface area is 86.4 Å². The number of Topliss-reactive ketones (excluding diaryl/α,β-unsaturated/α-hetero) is 1. The van der Waals surface area contributed by atoms with Crippen LogP contribution in [0.5, 0.6) is 17.2 Å². The van der Waals surface area contributed by atoms with Gasteiger partial charge in [-0.2, -0.15) is 0 Å². The zero-order valence-corrected chi connectivity index (χ0v) is 8.19. The average Bonchev–Trinajstić information content (AvgIpc) is 2.62. The Morgan fingerprint density at radius 2 is 2.07 bits per heavy atom. The Balaban J connectivity index is 2.45. The first kappa shape index (κ1) is 9.79. The zero-order chi connectivity index (χ0) is 11.0. The summed E-state index contributed by atoms with van der Waals surface area (Å²) in [7, 11) is 0. The normalized spacial score (nSPS) is 15.1. The summed E-state index contributed by atoms with van der Waals surface area (Å²) in [6.07, 6.45) is 0. The lowest BCUT2D eigenvalue weighted by Crippen LogP contribution is -2.26. The van der Waals surface area contributed by atoms with E-state index in [1.165, 1.54) is 12.1 Å². The maximum atomic E-state index is 11.6. The Hall–Kier alpha value is -1.75. The number of hydrogen-bond donors (Lipinski definition) is 2. The molecule has 2 rings (SSSR count). The van der Waals surface area contributed by atoms with Gasteiger partial charge in [0.1, 0.15) is 5.75 Å². The summed E-state index contributed by atoms with van der Waals surface area (Å²) in [6.45, 7) is 1.66. The Kier molecular flexibility index (Phi) is 2.24. The number of carbonyl (C=O) groups excluding carboxylic acids is 1. The van der Waals surface area contributed by atoms with E-state index in [0.29, 0.717) is 11.5 Å². The second kappa shape index (κ2) is 3.43. The third kappa shape index (κ3) is 1.61. The van der Waals surface area contributed by atoms with Crippen LogP contribution in [0.15, 0.2) is 12.1 Å². The highest BCUT2D eigenvalue weighted by Gasteiger charge is 2.22. The number of aromatic hydroxyl groups is 1. The lowest BCUT2D eigenvalue weighted by Gasteiger charge is -2.07. The second-order valence-corrected chi connectivity index (χ2v) is 3.38. The molecule has 5 heteroatoms. The summed E-state index contributed by atoms with van der Waals surface area (Å²) in [5, 5.41) is 9.58. The molecule has 5 nitrogen and oxygen atoms in total. The van der Waals surface area contributed by atoms with E-state index in [2.05, 4.69) is 0 Å². The zero-order valence-electron chi connectivity index (χ0n) is 8.19. The van der Waals surface area contributed by atoms with Crippen LogP contribution in [0.3, 0.4) is 0 Å². The average molecular weight is 209 g/mol. The fourth-order valence-corrected chi connectivity index (χ4v) is 1.37. The number of fused-ring (bicyclic) bond motifs is 1. The van der Waals surface area contributed by atoms with Gasteiger partial charge in [-0.1, -0.05) is 0 Å². The first-order chi connectivity index (χ1) is 7.09. The number of phenolic OH excluding ortho intramolecular Hbond substituents is 1. The molecule has 80 valence electrons. The van der Waals surface area contributed by atoms with E-state index >= 15 is 0 Å². The molecule has 1 heterocycles. The first-order valence-electron chi connectivity index (χ1n) is 4.52. The van der Waals surface area contributed by atoms with Gasteiger partial charge in [-0.15, -0.1) is 0 Å². The van der Waals surface area contributed by atoms with Crippen molar-refractivity contribution in [1.29, 1.82) is 0 Å². The summed E-state index contributed by atoms with van der Waals surface area (Å²) in [5.74, 6) is 0.429. The molecule has 3 N–H and O–H groups in total. The number of nitrogens with two attached hydrogens (primary N) is 1. The highest BCUT2D eigenvalue weighted by molar-refractivity contribution is 6.02. The van der Waals surface area contributed by atoms with Crippen molar-refractivity contribution in [3.63, 3.8) is 0 Å². The van der Waals surface area contributed by atoms with Crippen molar-refractivity contribution < 1.29 is 19.4 Å². The van der Waals surface area contributed by atoms with Crippen LogP contribution < -0.4 is 15.2 Å². The number of ketones is 1. The standard InChI is InChI=1S/C10H11NO4/c1-5(11)10(13)6-2-8-9(3-7(6)12)15-4-14-8/h2-3,5,12H,4,11H2,1H3. The third-order valence-electron chi connectivity index (χ3n) is 2.17. The molecular weight excluding hydrogens is 198 g/mol. The molecule has 0 bridgehead atoms. The second-order valence-electron chi connectivity index (χ2n) is 3.38. The number of rotatable bonds is 2. The molecule has 1 aliphatic heterocycles. The van der Waals surface area contributed by atoms with Gasteiger partial charge in [-0.05, 0) is 13.0 Å². The van der Waals surface area contributed by atoms with Crippen LogP contribution in [0.2, 0.25) is 0 Å². The number of benzene rings is 1. The van der Waals surface area contributed by atoms with E-state index in [1.807, 2.05) is 0 Å². The van der Waals surface area contributed by atoms with Gasteiger partial charge in [0, 0.05) is 6.07 Å². The van der Waals surface area contributed by atoms with Crippen molar-refractivity contribution in [2.75, 3.05) is 6.79 Å². The maximum Gasteiger partial charge on any atom is 0.231 e. The molecular formula is C10H11NO4. The highest BCUT2D eigenvalue weighted by Crippen LogP contribution is 2.37. The lowest BCUT2D eigenvalue weighted by atomic mass is 10.0. The van der Waals surface area contributed by atoms with Crippen molar-refractivity contribution in [2.45, 2.75) is 13.0 Å². The number of phenols is 1. The fraction of sp³-hybridized carbons (Fsp3) is 0.300. The van der Waals surface area contributed by atoms with Crippen LogP contribution in [-0.4, -0.2) is 23.7 Å². The van der Waals surface area contributed by atoms with Crippen LogP contribution in [0.25, 0.3) is 0 Å². The van der Waals surface area contributed by atoms with Gasteiger partial charge in [0.15, 0.2) is 17.3 Å². The third-order valence-corrected chi connectivity index (χ3v) is 2.17. The summed E-state index contributed by atoms with van der Waals surface area (Å²) in [5.41, 5.74) is 5.61. The largest absolute Gasteiger partial charge is 0.507 e. The number of hydrogen-bond acceptors (Lipinski definition) is 5. The first-order valence-corrected chi connectivity index (χ1v) is 4.52. The molecule has 1 aliphatic rings. The smallest absolute Gasteiger partial charge is 0.231 e. The van der Waals surface area contributed by atoms with Crippen LogP contribution in [0, 0.1) is 0 Å². The van der Waals surface area contributed by atoms with Crippen LogP contribution in [-0.2, 0) is 0 Å². The molecule has 1 aromatic carbocycles. The van der Waals surface area contributed by atoms with Gasteiger partial charge in [0.2, 0.25) is 6.79 Å². The maximum absolute atomic E-state index is 11.6. The monoisotopic (exact) mass is 209 g/mol. The quantitative estimate of drug-likeness (QED) is 0.699. The molecule has 0 radical (unpaired) electrons. The molecule has 0 aromatic heterocycles. The van der Waals surface area contributed by atoms with Crippen molar-refractivity contribution >= 4 is 5.78 Å². The molecule has 0 amide bonds. The summed E-state index contributed by atoms with van der Waals surface area (Å²) in [4.78, 5) is 11.6. The van der Waals surface area contributed by atoms with E-state index in [4.69, 9.17) is 15.2 Å². The minimum absolute atomic E-state index is 0.102. The predicted molar refractivity (Wildman–Crippen MR) is 52.2 cm³/mol. The minimum Gasteiger partial charge on any atom is -0.507 e. The molecule has 0 aliphatic carbocycles. The van der Waals surface area contributed by atoms with E-state index in [0.717, 1.165) is 0 Å². The van der Waals surface area contributed by atoms with E-state index < -0.39 is 6.04 Å². The Morgan fingerprint density at radius 3 is 2.67 bits per heavy atom. The fourth-order valence-electron chi connectivity index (χ4n) is 1.37. The topological polar surface area (TPSA) is 81.8 Å². The molecule has 1 unspecified atom stereocenters. The predicted octanol–water partition coefficient (Wildman–Crippen LogP) is 0.651. The van der Waals surface area contributed by atoms with Crippen molar-refractivity contribution in [1.82, 2.24) is 0 Å². The molecule has 0 fully saturated rings. The highest BCUT2D eigenvalue weighted by atomic mass is 16.7. The van der Waals surface area contributed by atoms with E-state index in [-0.39, 0.29) is 23.9 Å². The summed E-state index contributed by atoms with van der Waals surface area (Å²) in [6, 6.07) is 2.15. The van der Waals surface area contributed by atoms with E-state index in [1.54, 1.807) is 6.92 Å². The molecule has 0 saturated carbocycles. The van der Waals surface area contributed by atoms with Crippen LogP contribution in [0.4, 0.5) is 0 Å². The lowest BCUT2D eigenvalue weighted by molar-refractivity contribution is 0.0965. The van der Waals surface area contributed by atoms with Gasteiger partial charge in [0.25, 0.3) is 0 Å². The van der Waals surface area contributed by atoms with E-state index in [9.17, 15) is 9.90 Å². The van der Waals surface area contributed by atoms with Gasteiger partial charge >= 0.3 is 0 Å². The van der Waals surface area contributed by atoms with Crippen molar-refractivity contribution in [2.24, 2.45) is 5.73 Å². The van der Waals surface area contributed by atoms with Crippen molar-refractivity contribution in [3.8, 4) is 17.2 Å². The number of carbonyl (C=O) groups is 1. The Morgan fingerprint density at radius 1 is 1.47 bits per heavy atom. The number of ether oxygens (including phenoxy) is 2. The minimum atomic E-state index is -0.656. The molecule has 1 atom stereocenters. The molecule has 15 heavy (non-hydrogen) atoms.